The SMILES string of the molecule is N#Cc1ccc(OC[C@H](O)Cn2cnc3cc(F)ccc3c2=O)cc1. The van der Waals surface area contributed by atoms with Crippen LogP contribution in [0.15, 0.2) is 53.6 Å². The van der Waals surface area contributed by atoms with E-state index in [-0.39, 0.29) is 29.6 Å². The lowest BCUT2D eigenvalue weighted by Crippen LogP contribution is -2.30. The van der Waals surface area contributed by atoms with E-state index in [0.717, 1.165) is 0 Å². The number of aromatic nitrogens is 2. The molecule has 0 aliphatic heterocycles. The van der Waals surface area contributed by atoms with Gasteiger partial charge in [0, 0.05) is 6.07 Å². The van der Waals surface area contributed by atoms with E-state index in [2.05, 4.69) is 4.98 Å². The molecular formula is C18H14FN3O3. The van der Waals surface area contributed by atoms with Gasteiger partial charge in [0.25, 0.3) is 5.56 Å². The molecule has 0 aliphatic rings. The van der Waals surface area contributed by atoms with Crippen molar-refractivity contribution in [2.24, 2.45) is 0 Å². The molecule has 1 heterocycles. The van der Waals surface area contributed by atoms with Crippen LogP contribution in [0.25, 0.3) is 10.9 Å². The minimum Gasteiger partial charge on any atom is -0.491 e. The first kappa shape index (κ1) is 16.6. The van der Waals surface area contributed by atoms with Gasteiger partial charge in [-0.25, -0.2) is 9.37 Å². The Morgan fingerprint density at radius 1 is 1.28 bits per heavy atom. The van der Waals surface area contributed by atoms with Crippen LogP contribution in [0.1, 0.15) is 5.56 Å². The summed E-state index contributed by atoms with van der Waals surface area (Å²) in [5.41, 5.74) is 0.421. The molecule has 0 bridgehead atoms. The maximum atomic E-state index is 13.2. The van der Waals surface area contributed by atoms with Crippen LogP contribution < -0.4 is 10.3 Å². The van der Waals surface area contributed by atoms with Gasteiger partial charge in [-0.2, -0.15) is 5.26 Å². The van der Waals surface area contributed by atoms with Crippen molar-refractivity contribution in [2.75, 3.05) is 6.61 Å². The minimum atomic E-state index is -0.937. The second-order valence-corrected chi connectivity index (χ2v) is 5.46. The van der Waals surface area contributed by atoms with Crippen molar-refractivity contribution < 1.29 is 14.2 Å². The molecular weight excluding hydrogens is 325 g/mol. The summed E-state index contributed by atoms with van der Waals surface area (Å²) in [4.78, 5) is 16.4. The first-order valence-corrected chi connectivity index (χ1v) is 7.52. The number of aliphatic hydroxyl groups excluding tert-OH is 1. The number of nitrogens with zero attached hydrogens (tertiary/aromatic N) is 3. The van der Waals surface area contributed by atoms with Crippen molar-refractivity contribution in [3.63, 3.8) is 0 Å². The second-order valence-electron chi connectivity index (χ2n) is 5.46. The molecule has 1 N–H and O–H groups in total. The van der Waals surface area contributed by atoms with Gasteiger partial charge in [-0.15, -0.1) is 0 Å². The molecule has 2 aromatic carbocycles. The Balaban J connectivity index is 1.68. The Morgan fingerprint density at radius 3 is 2.76 bits per heavy atom. The zero-order valence-corrected chi connectivity index (χ0v) is 13.1. The van der Waals surface area contributed by atoms with E-state index in [0.29, 0.717) is 11.3 Å². The van der Waals surface area contributed by atoms with E-state index in [4.69, 9.17) is 10.00 Å². The highest BCUT2D eigenvalue weighted by molar-refractivity contribution is 5.77. The van der Waals surface area contributed by atoms with Crippen LogP contribution in [0.2, 0.25) is 0 Å². The predicted octanol–water partition coefficient (Wildman–Crippen LogP) is 1.85. The van der Waals surface area contributed by atoms with Crippen molar-refractivity contribution in [3.8, 4) is 11.8 Å². The fourth-order valence-electron chi connectivity index (χ4n) is 2.36. The topological polar surface area (TPSA) is 88.1 Å². The normalized spacial score (nSPS) is 11.9. The molecule has 0 saturated carbocycles. The molecule has 0 unspecified atom stereocenters. The maximum absolute atomic E-state index is 13.2. The molecule has 3 rings (SSSR count). The summed E-state index contributed by atoms with van der Waals surface area (Å²) in [5.74, 6) is 0.0468. The lowest BCUT2D eigenvalue weighted by Gasteiger charge is -2.14. The molecule has 0 amide bonds. The van der Waals surface area contributed by atoms with Crippen LogP contribution in [-0.4, -0.2) is 27.4 Å². The largest absolute Gasteiger partial charge is 0.491 e. The molecule has 1 aromatic heterocycles. The molecule has 3 aromatic rings. The van der Waals surface area contributed by atoms with Gasteiger partial charge in [-0.1, -0.05) is 0 Å². The van der Waals surface area contributed by atoms with Crippen LogP contribution in [0.4, 0.5) is 4.39 Å². The summed E-state index contributed by atoms with van der Waals surface area (Å²) in [6.07, 6.45) is 0.336. The number of fused-ring (bicyclic) bond motifs is 1. The van der Waals surface area contributed by atoms with Crippen molar-refractivity contribution in [1.82, 2.24) is 9.55 Å². The van der Waals surface area contributed by atoms with Gasteiger partial charge in [0.2, 0.25) is 0 Å². The molecule has 126 valence electrons. The minimum absolute atomic E-state index is 0.00453. The zero-order valence-electron chi connectivity index (χ0n) is 13.1. The molecule has 25 heavy (non-hydrogen) atoms. The van der Waals surface area contributed by atoms with Crippen LogP contribution in [0, 0.1) is 17.1 Å². The molecule has 0 radical (unpaired) electrons. The Bertz CT molecular complexity index is 993. The first-order valence-electron chi connectivity index (χ1n) is 7.52. The van der Waals surface area contributed by atoms with Gasteiger partial charge in [-0.3, -0.25) is 9.36 Å². The number of ether oxygens (including phenoxy) is 1. The summed E-state index contributed by atoms with van der Waals surface area (Å²) in [5, 5.41) is 19.1. The van der Waals surface area contributed by atoms with E-state index in [1.54, 1.807) is 24.3 Å². The third-order valence-electron chi connectivity index (χ3n) is 3.62. The number of rotatable bonds is 5. The Labute approximate surface area is 142 Å². The monoisotopic (exact) mass is 339 g/mol. The molecule has 1 atom stereocenters. The standard InChI is InChI=1S/C18H14FN3O3/c19-13-3-6-16-17(7-13)21-11-22(18(16)24)9-14(23)10-25-15-4-1-12(8-20)2-5-15/h1-7,11,14,23H,9-10H2/t14-/m1/s1. The van der Waals surface area contributed by atoms with Crippen LogP contribution in [0.5, 0.6) is 5.75 Å². The highest BCUT2D eigenvalue weighted by atomic mass is 19.1. The van der Waals surface area contributed by atoms with Crippen molar-refractivity contribution in [1.29, 1.82) is 5.26 Å². The third kappa shape index (κ3) is 3.82. The molecule has 0 aliphatic carbocycles. The molecule has 0 fully saturated rings. The third-order valence-corrected chi connectivity index (χ3v) is 3.62. The fourth-order valence-corrected chi connectivity index (χ4v) is 2.36. The van der Waals surface area contributed by atoms with Crippen molar-refractivity contribution in [3.05, 3.63) is 70.5 Å². The molecule has 7 heteroatoms. The summed E-state index contributed by atoms with van der Waals surface area (Å²) in [6.45, 7) is -0.0325. The van der Waals surface area contributed by atoms with Crippen LogP contribution in [0.3, 0.4) is 0 Å². The number of aliphatic hydroxyl groups is 1. The second kappa shape index (κ2) is 7.11. The van der Waals surface area contributed by atoms with Gasteiger partial charge >= 0.3 is 0 Å². The highest BCUT2D eigenvalue weighted by Crippen LogP contribution is 2.12. The van der Waals surface area contributed by atoms with E-state index in [1.807, 2.05) is 6.07 Å². The van der Waals surface area contributed by atoms with Gasteiger partial charge < -0.3 is 9.84 Å². The Hall–Kier alpha value is -3.24. The van der Waals surface area contributed by atoms with Gasteiger partial charge in [0.1, 0.15) is 24.3 Å². The fraction of sp³-hybridized carbons (Fsp3) is 0.167. The molecule has 0 saturated heterocycles. The number of hydrogen-bond donors (Lipinski definition) is 1. The van der Waals surface area contributed by atoms with Gasteiger partial charge in [-0.05, 0) is 36.4 Å². The predicted molar refractivity (Wildman–Crippen MR) is 88.6 cm³/mol. The summed E-state index contributed by atoms with van der Waals surface area (Å²) < 4.78 is 19.9. The quantitative estimate of drug-likeness (QED) is 0.766. The highest BCUT2D eigenvalue weighted by Gasteiger charge is 2.11. The number of benzene rings is 2. The van der Waals surface area contributed by atoms with Crippen molar-refractivity contribution in [2.45, 2.75) is 12.6 Å². The summed E-state index contributed by atoms with van der Waals surface area (Å²) in [7, 11) is 0. The number of hydrogen-bond acceptors (Lipinski definition) is 5. The Kier molecular flexibility index (Phi) is 4.73. The summed E-state index contributed by atoms with van der Waals surface area (Å²) in [6, 6.07) is 12.2. The van der Waals surface area contributed by atoms with Crippen molar-refractivity contribution >= 4 is 10.9 Å². The lowest BCUT2D eigenvalue weighted by molar-refractivity contribution is 0.0915. The first-order chi connectivity index (χ1) is 12.1. The van der Waals surface area contributed by atoms with E-state index in [9.17, 15) is 14.3 Å². The van der Waals surface area contributed by atoms with Gasteiger partial charge in [0.05, 0.1) is 35.4 Å². The maximum Gasteiger partial charge on any atom is 0.261 e. The average molecular weight is 339 g/mol. The van der Waals surface area contributed by atoms with E-state index < -0.39 is 11.9 Å². The van der Waals surface area contributed by atoms with Crippen LogP contribution in [-0.2, 0) is 6.54 Å². The number of halogens is 1. The average Bonchev–Trinajstić information content (AvgIpc) is 2.62. The van der Waals surface area contributed by atoms with E-state index >= 15 is 0 Å². The van der Waals surface area contributed by atoms with E-state index in [1.165, 1.54) is 29.1 Å². The van der Waals surface area contributed by atoms with Crippen LogP contribution >= 0.6 is 0 Å². The zero-order chi connectivity index (χ0) is 17.8. The smallest absolute Gasteiger partial charge is 0.261 e. The number of nitriles is 1. The summed E-state index contributed by atoms with van der Waals surface area (Å²) >= 11 is 0. The lowest BCUT2D eigenvalue weighted by atomic mass is 10.2. The van der Waals surface area contributed by atoms with Gasteiger partial charge in [0.15, 0.2) is 0 Å². The molecule has 6 nitrogen and oxygen atoms in total. The Morgan fingerprint density at radius 2 is 2.04 bits per heavy atom. The molecule has 0 spiro atoms.